The van der Waals surface area contributed by atoms with E-state index in [0.29, 0.717) is 13.2 Å². The van der Waals surface area contributed by atoms with Gasteiger partial charge in [-0.25, -0.2) is 0 Å². The number of nitro groups is 1. The Morgan fingerprint density at radius 3 is 2.78 bits per heavy atom. The molecule has 5 nitrogen and oxygen atoms in total. The first-order valence-corrected chi connectivity index (χ1v) is 6.12. The van der Waals surface area contributed by atoms with Gasteiger partial charge in [0.25, 0.3) is 5.69 Å². The van der Waals surface area contributed by atoms with Crippen LogP contribution < -0.4 is 5.32 Å². The number of nitrogens with one attached hydrogen (secondary N) is 1. The topological polar surface area (TPSA) is 64.4 Å². The number of hydrogen-bond acceptors (Lipinski definition) is 4. The average Bonchev–Trinajstić information content (AvgIpc) is 2.36. The van der Waals surface area contributed by atoms with Gasteiger partial charge in [-0.3, -0.25) is 10.1 Å². The Labute approximate surface area is 107 Å². The van der Waals surface area contributed by atoms with Crippen molar-refractivity contribution < 1.29 is 9.66 Å². The van der Waals surface area contributed by atoms with Crippen molar-refractivity contribution >= 4 is 5.69 Å². The molecule has 100 valence electrons. The van der Waals surface area contributed by atoms with Gasteiger partial charge in [0.2, 0.25) is 0 Å². The van der Waals surface area contributed by atoms with Crippen LogP contribution in [-0.4, -0.2) is 24.2 Å². The van der Waals surface area contributed by atoms with Gasteiger partial charge in [0.15, 0.2) is 0 Å². The predicted octanol–water partition coefficient (Wildman–Crippen LogP) is 2.67. The highest BCUT2D eigenvalue weighted by Crippen LogP contribution is 2.19. The molecule has 1 N–H and O–H groups in total. The summed E-state index contributed by atoms with van der Waals surface area (Å²) in [5.74, 6) is 0. The van der Waals surface area contributed by atoms with E-state index in [1.807, 2.05) is 26.8 Å². The second kappa shape index (κ2) is 7.08. The molecule has 0 spiro atoms. The quantitative estimate of drug-likeness (QED) is 0.598. The Balaban J connectivity index is 2.63. The van der Waals surface area contributed by atoms with Crippen molar-refractivity contribution in [3.05, 3.63) is 39.9 Å². The summed E-state index contributed by atoms with van der Waals surface area (Å²) in [6.07, 6.45) is 0. The Hall–Kier alpha value is -1.46. The fourth-order valence-corrected chi connectivity index (χ4v) is 1.77. The smallest absolute Gasteiger partial charge is 0.269 e. The van der Waals surface area contributed by atoms with E-state index in [-0.39, 0.29) is 22.7 Å². The first-order valence-electron chi connectivity index (χ1n) is 6.12. The Kier molecular flexibility index (Phi) is 5.74. The van der Waals surface area contributed by atoms with Gasteiger partial charge >= 0.3 is 0 Å². The van der Waals surface area contributed by atoms with Gasteiger partial charge in [-0.05, 0) is 26.3 Å². The lowest BCUT2D eigenvalue weighted by Crippen LogP contribution is -2.32. The molecule has 0 heterocycles. The maximum atomic E-state index is 10.7. The summed E-state index contributed by atoms with van der Waals surface area (Å²) in [5, 5.41) is 14.1. The molecule has 18 heavy (non-hydrogen) atoms. The second-order valence-corrected chi connectivity index (χ2v) is 4.30. The third-order valence-electron chi connectivity index (χ3n) is 2.69. The second-order valence-electron chi connectivity index (χ2n) is 4.30. The summed E-state index contributed by atoms with van der Waals surface area (Å²) in [4.78, 5) is 10.3. The molecule has 0 amide bonds. The molecule has 0 saturated heterocycles. The van der Waals surface area contributed by atoms with Gasteiger partial charge < -0.3 is 10.1 Å². The molecular weight excluding hydrogens is 232 g/mol. The van der Waals surface area contributed by atoms with Gasteiger partial charge in [0.05, 0.1) is 11.5 Å². The number of hydrogen-bond donors (Lipinski definition) is 1. The SMILES string of the molecule is CCOCC(C)NC(C)c1cccc([N+](=O)[O-])c1. The van der Waals surface area contributed by atoms with Gasteiger partial charge in [0.1, 0.15) is 0 Å². The third-order valence-corrected chi connectivity index (χ3v) is 2.69. The van der Waals surface area contributed by atoms with Crippen LogP contribution in [0.4, 0.5) is 5.69 Å². The Bertz CT molecular complexity index is 396. The molecule has 0 aliphatic rings. The molecule has 0 aliphatic heterocycles. The minimum Gasteiger partial charge on any atom is -0.380 e. The Morgan fingerprint density at radius 1 is 1.44 bits per heavy atom. The zero-order valence-electron chi connectivity index (χ0n) is 11.1. The first-order chi connectivity index (χ1) is 8.54. The van der Waals surface area contributed by atoms with Crippen LogP contribution in [0.2, 0.25) is 0 Å². The van der Waals surface area contributed by atoms with Crippen LogP contribution in [0, 0.1) is 10.1 Å². The molecule has 1 rings (SSSR count). The van der Waals surface area contributed by atoms with Crippen LogP contribution in [0.25, 0.3) is 0 Å². The van der Waals surface area contributed by atoms with Crippen molar-refractivity contribution in [3.8, 4) is 0 Å². The summed E-state index contributed by atoms with van der Waals surface area (Å²) < 4.78 is 5.32. The van der Waals surface area contributed by atoms with Crippen LogP contribution in [0.3, 0.4) is 0 Å². The van der Waals surface area contributed by atoms with Crippen molar-refractivity contribution in [1.82, 2.24) is 5.32 Å². The molecule has 1 aromatic rings. The van der Waals surface area contributed by atoms with Crippen molar-refractivity contribution in [1.29, 1.82) is 0 Å². The van der Waals surface area contributed by atoms with E-state index in [1.54, 1.807) is 12.1 Å². The minimum absolute atomic E-state index is 0.0559. The number of non-ortho nitro benzene ring substituents is 1. The summed E-state index contributed by atoms with van der Waals surface area (Å²) in [7, 11) is 0. The van der Waals surface area contributed by atoms with Crippen molar-refractivity contribution in [2.75, 3.05) is 13.2 Å². The lowest BCUT2D eigenvalue weighted by Gasteiger charge is -2.20. The molecule has 2 atom stereocenters. The van der Waals surface area contributed by atoms with Gasteiger partial charge in [-0.2, -0.15) is 0 Å². The van der Waals surface area contributed by atoms with E-state index < -0.39 is 0 Å². The highest BCUT2D eigenvalue weighted by atomic mass is 16.6. The lowest BCUT2D eigenvalue weighted by molar-refractivity contribution is -0.384. The van der Waals surface area contributed by atoms with E-state index in [1.165, 1.54) is 6.07 Å². The number of benzene rings is 1. The molecule has 0 aromatic heterocycles. The highest BCUT2D eigenvalue weighted by molar-refractivity contribution is 5.35. The van der Waals surface area contributed by atoms with Gasteiger partial charge in [0, 0.05) is 30.8 Å². The number of nitro benzene ring substituents is 1. The standard InChI is InChI=1S/C13H20N2O3/c1-4-18-9-10(2)14-11(3)12-6-5-7-13(8-12)15(16)17/h5-8,10-11,14H,4,9H2,1-3H3. The summed E-state index contributed by atoms with van der Waals surface area (Å²) in [6, 6.07) is 6.96. The average molecular weight is 252 g/mol. The first kappa shape index (κ1) is 14.6. The van der Waals surface area contributed by atoms with Crippen LogP contribution >= 0.6 is 0 Å². The fraction of sp³-hybridized carbons (Fsp3) is 0.538. The van der Waals surface area contributed by atoms with Crippen molar-refractivity contribution in [2.45, 2.75) is 32.9 Å². The molecule has 1 aromatic carbocycles. The van der Waals surface area contributed by atoms with E-state index in [9.17, 15) is 10.1 Å². The molecule has 0 saturated carbocycles. The molecule has 0 radical (unpaired) electrons. The van der Waals surface area contributed by atoms with E-state index >= 15 is 0 Å². The highest BCUT2D eigenvalue weighted by Gasteiger charge is 2.12. The Morgan fingerprint density at radius 2 is 2.17 bits per heavy atom. The zero-order chi connectivity index (χ0) is 13.5. The van der Waals surface area contributed by atoms with Crippen LogP contribution in [-0.2, 0) is 4.74 Å². The predicted molar refractivity (Wildman–Crippen MR) is 70.6 cm³/mol. The summed E-state index contributed by atoms with van der Waals surface area (Å²) in [5.41, 5.74) is 1.03. The number of nitrogens with zero attached hydrogens (tertiary/aromatic N) is 1. The van der Waals surface area contributed by atoms with Crippen LogP contribution in [0.1, 0.15) is 32.4 Å². The molecule has 2 unspecified atom stereocenters. The molecule has 0 bridgehead atoms. The van der Waals surface area contributed by atoms with Crippen LogP contribution in [0.15, 0.2) is 24.3 Å². The van der Waals surface area contributed by atoms with Crippen molar-refractivity contribution in [3.63, 3.8) is 0 Å². The molecule has 0 aliphatic carbocycles. The minimum atomic E-state index is -0.375. The normalized spacial score (nSPS) is 14.2. The van der Waals surface area contributed by atoms with E-state index in [0.717, 1.165) is 5.56 Å². The maximum absolute atomic E-state index is 10.7. The zero-order valence-corrected chi connectivity index (χ0v) is 11.1. The fourth-order valence-electron chi connectivity index (χ4n) is 1.77. The van der Waals surface area contributed by atoms with Crippen LogP contribution in [0.5, 0.6) is 0 Å². The maximum Gasteiger partial charge on any atom is 0.269 e. The summed E-state index contributed by atoms with van der Waals surface area (Å²) >= 11 is 0. The number of rotatable bonds is 7. The molecule has 0 fully saturated rings. The third kappa shape index (κ3) is 4.43. The van der Waals surface area contributed by atoms with E-state index in [4.69, 9.17) is 4.74 Å². The number of ether oxygens (including phenoxy) is 1. The van der Waals surface area contributed by atoms with Gasteiger partial charge in [-0.15, -0.1) is 0 Å². The van der Waals surface area contributed by atoms with E-state index in [2.05, 4.69) is 5.32 Å². The summed E-state index contributed by atoms with van der Waals surface area (Å²) in [6.45, 7) is 7.30. The molecular formula is C13H20N2O3. The molecule has 5 heteroatoms. The van der Waals surface area contributed by atoms with Crippen molar-refractivity contribution in [2.24, 2.45) is 0 Å². The van der Waals surface area contributed by atoms with Gasteiger partial charge in [-0.1, -0.05) is 12.1 Å². The monoisotopic (exact) mass is 252 g/mol. The largest absolute Gasteiger partial charge is 0.380 e. The lowest BCUT2D eigenvalue weighted by atomic mass is 10.1.